The fourth-order valence-electron chi connectivity index (χ4n) is 1.02. The summed E-state index contributed by atoms with van der Waals surface area (Å²) in [5.74, 6) is 0.554. The number of nitrogens with one attached hydrogen (secondary N) is 2. The second-order valence-electron chi connectivity index (χ2n) is 2.88. The highest BCUT2D eigenvalue weighted by Crippen LogP contribution is 2.16. The molecule has 2 rings (SSSR count). The van der Waals surface area contributed by atoms with E-state index in [1.165, 1.54) is 18.1 Å². The summed E-state index contributed by atoms with van der Waals surface area (Å²) in [6.07, 6.45) is 3.05. The van der Waals surface area contributed by atoms with Crippen molar-refractivity contribution in [2.24, 2.45) is 0 Å². The molecule has 2 aromatic rings. The van der Waals surface area contributed by atoms with E-state index >= 15 is 0 Å². The van der Waals surface area contributed by atoms with E-state index in [0.717, 1.165) is 0 Å². The van der Waals surface area contributed by atoms with Crippen LogP contribution in [0, 0.1) is 0 Å². The quantitative estimate of drug-likeness (QED) is 0.545. The van der Waals surface area contributed by atoms with Crippen LogP contribution >= 0.6 is 24.6 Å². The fourth-order valence-corrected chi connectivity index (χ4v) is 1.80. The van der Waals surface area contributed by atoms with Gasteiger partial charge in [-0.15, -0.1) is 5.10 Å². The van der Waals surface area contributed by atoms with E-state index < -0.39 is 0 Å². The molecule has 0 aliphatic heterocycles. The molecule has 0 fully saturated rings. The molecule has 0 aliphatic carbocycles. The third kappa shape index (κ3) is 3.17. The summed E-state index contributed by atoms with van der Waals surface area (Å²) in [6, 6.07) is 1.72. The van der Waals surface area contributed by atoms with Crippen LogP contribution in [0.25, 0.3) is 11.5 Å². The molecule has 9 heteroatoms. The zero-order chi connectivity index (χ0) is 12.1. The molecule has 0 unspecified atom stereocenters. The molecule has 1 amide bonds. The van der Waals surface area contributed by atoms with Crippen LogP contribution in [0.5, 0.6) is 0 Å². The number of amides is 1. The highest BCUT2D eigenvalue weighted by molar-refractivity contribution is 7.99. The molecule has 0 aliphatic rings. The molecule has 2 N–H and O–H groups in total. The zero-order valence-electron chi connectivity index (χ0n) is 8.49. The first-order valence-electron chi connectivity index (χ1n) is 4.54. The number of H-pyrrole nitrogens is 1. The van der Waals surface area contributed by atoms with E-state index in [-0.39, 0.29) is 11.7 Å². The Morgan fingerprint density at radius 2 is 2.47 bits per heavy atom. The fraction of sp³-hybridized carbons (Fsp3) is 0.125. The summed E-state index contributed by atoms with van der Waals surface area (Å²) in [5.41, 5.74) is 0.651. The summed E-state index contributed by atoms with van der Waals surface area (Å²) in [7, 11) is 0. The van der Waals surface area contributed by atoms with E-state index in [9.17, 15) is 4.79 Å². The van der Waals surface area contributed by atoms with Gasteiger partial charge in [0.05, 0.1) is 5.75 Å². The summed E-state index contributed by atoms with van der Waals surface area (Å²) < 4.78 is 2.22. The minimum atomic E-state index is -0.202. The van der Waals surface area contributed by atoms with Crippen molar-refractivity contribution < 1.29 is 4.79 Å². The minimum Gasteiger partial charge on any atom is -0.302 e. The van der Waals surface area contributed by atoms with Crippen molar-refractivity contribution in [2.45, 2.75) is 5.16 Å². The Bertz CT molecular complexity index is 502. The molecule has 2 aromatic heterocycles. The largest absolute Gasteiger partial charge is 0.302 e. The van der Waals surface area contributed by atoms with Crippen LogP contribution in [0.15, 0.2) is 23.7 Å². The van der Waals surface area contributed by atoms with E-state index in [2.05, 4.69) is 42.7 Å². The first-order chi connectivity index (χ1) is 8.29. The highest BCUT2D eigenvalue weighted by Gasteiger charge is 2.08. The molecule has 0 saturated heterocycles. The van der Waals surface area contributed by atoms with Gasteiger partial charge < -0.3 is 4.72 Å². The molecule has 0 bridgehead atoms. The zero-order valence-corrected chi connectivity index (χ0v) is 10.2. The van der Waals surface area contributed by atoms with Crippen molar-refractivity contribution in [3.05, 3.63) is 18.6 Å². The maximum absolute atomic E-state index is 11.0. The number of carbonyl (C=O) groups is 1. The Hall–Kier alpha value is -1.61. The van der Waals surface area contributed by atoms with Gasteiger partial charge in [0.1, 0.15) is 12.0 Å². The monoisotopic (exact) mass is 268 g/mol. The van der Waals surface area contributed by atoms with Crippen molar-refractivity contribution >= 4 is 30.5 Å². The topological polar surface area (TPSA) is 96.5 Å². The van der Waals surface area contributed by atoms with Gasteiger partial charge in [-0.3, -0.25) is 9.89 Å². The van der Waals surface area contributed by atoms with Crippen LogP contribution in [0.2, 0.25) is 0 Å². The van der Waals surface area contributed by atoms with Crippen LogP contribution in [0.3, 0.4) is 0 Å². The molecule has 17 heavy (non-hydrogen) atoms. The number of hydrogen-bond acceptors (Lipinski definition) is 7. The molecule has 0 radical (unpaired) electrons. The number of hydrogen-bond donors (Lipinski definition) is 3. The molecular weight excluding hydrogens is 260 g/mol. The molecule has 88 valence electrons. The second kappa shape index (κ2) is 5.64. The standard InChI is InChI=1S/C8H8N6OS2/c15-6(14-16)3-17-8-11-7(12-13-8)5-1-2-9-4-10-5/h1-2,4,16H,3H2,(H,14,15)(H,11,12,13). The van der Waals surface area contributed by atoms with Gasteiger partial charge in [0.15, 0.2) is 5.82 Å². The van der Waals surface area contributed by atoms with Crippen molar-refractivity contribution in [3.63, 3.8) is 0 Å². The van der Waals surface area contributed by atoms with Crippen LogP contribution in [-0.4, -0.2) is 36.8 Å². The lowest BCUT2D eigenvalue weighted by atomic mass is 10.4. The maximum atomic E-state index is 11.0. The average molecular weight is 268 g/mol. The number of thiol groups is 1. The first-order valence-corrected chi connectivity index (χ1v) is 5.97. The Morgan fingerprint density at radius 3 is 3.18 bits per heavy atom. The number of aromatic amines is 1. The Morgan fingerprint density at radius 1 is 1.59 bits per heavy atom. The summed E-state index contributed by atoms with van der Waals surface area (Å²) in [5, 5.41) is 7.18. The predicted octanol–water partition coefficient (Wildman–Crippen LogP) is 0.315. The number of aromatic nitrogens is 5. The second-order valence-corrected chi connectivity index (χ2v) is 4.05. The van der Waals surface area contributed by atoms with E-state index in [1.807, 2.05) is 0 Å². The normalized spacial score (nSPS) is 10.2. The predicted molar refractivity (Wildman–Crippen MR) is 65.3 cm³/mol. The van der Waals surface area contributed by atoms with Crippen molar-refractivity contribution in [1.82, 2.24) is 29.9 Å². The summed E-state index contributed by atoms with van der Waals surface area (Å²) in [4.78, 5) is 23.0. The number of nitrogens with zero attached hydrogens (tertiary/aromatic N) is 4. The van der Waals surface area contributed by atoms with Gasteiger partial charge in [0.25, 0.3) is 0 Å². The van der Waals surface area contributed by atoms with Gasteiger partial charge >= 0.3 is 0 Å². The van der Waals surface area contributed by atoms with Crippen LogP contribution < -0.4 is 4.72 Å². The number of carbonyl (C=O) groups excluding carboxylic acids is 1. The SMILES string of the molecule is O=C(CSc1n[nH]c(-c2ccncn2)n1)NS. The van der Waals surface area contributed by atoms with Gasteiger partial charge in [-0.05, 0) is 6.07 Å². The first kappa shape index (κ1) is 11.9. The van der Waals surface area contributed by atoms with Crippen molar-refractivity contribution in [3.8, 4) is 11.5 Å². The van der Waals surface area contributed by atoms with Crippen LogP contribution in [0.4, 0.5) is 0 Å². The Balaban J connectivity index is 2.04. The maximum Gasteiger partial charge on any atom is 0.240 e. The number of thioether (sulfide) groups is 1. The number of rotatable bonds is 4. The third-order valence-electron chi connectivity index (χ3n) is 1.75. The van der Waals surface area contributed by atoms with E-state index in [1.54, 1.807) is 12.3 Å². The lowest BCUT2D eigenvalue weighted by Crippen LogP contribution is -2.14. The van der Waals surface area contributed by atoms with Gasteiger partial charge in [-0.25, -0.2) is 9.97 Å². The van der Waals surface area contributed by atoms with E-state index in [4.69, 9.17) is 0 Å². The smallest absolute Gasteiger partial charge is 0.240 e. The lowest BCUT2D eigenvalue weighted by molar-refractivity contribution is -0.116. The molecule has 0 atom stereocenters. The van der Waals surface area contributed by atoms with Crippen LogP contribution in [0.1, 0.15) is 0 Å². The lowest BCUT2D eigenvalue weighted by Gasteiger charge is -1.94. The Labute approximate surface area is 106 Å². The van der Waals surface area contributed by atoms with Crippen molar-refractivity contribution in [2.75, 3.05) is 5.75 Å². The Kier molecular flexibility index (Phi) is 3.94. The van der Waals surface area contributed by atoms with Crippen LogP contribution in [-0.2, 0) is 4.79 Å². The molecule has 0 saturated carbocycles. The van der Waals surface area contributed by atoms with Crippen molar-refractivity contribution in [1.29, 1.82) is 0 Å². The minimum absolute atomic E-state index is 0.202. The molecule has 0 aromatic carbocycles. The highest BCUT2D eigenvalue weighted by atomic mass is 32.2. The van der Waals surface area contributed by atoms with Gasteiger partial charge in [-0.1, -0.05) is 24.6 Å². The van der Waals surface area contributed by atoms with Gasteiger partial charge in [-0.2, -0.15) is 4.98 Å². The molecule has 0 spiro atoms. The molecular formula is C8H8N6OS2. The third-order valence-corrected chi connectivity index (χ3v) is 2.84. The summed E-state index contributed by atoms with van der Waals surface area (Å²) >= 11 is 4.86. The average Bonchev–Trinajstić information content (AvgIpc) is 2.86. The van der Waals surface area contributed by atoms with Gasteiger partial charge in [0, 0.05) is 6.20 Å². The molecule has 2 heterocycles. The van der Waals surface area contributed by atoms with E-state index in [0.29, 0.717) is 16.7 Å². The summed E-state index contributed by atoms with van der Waals surface area (Å²) in [6.45, 7) is 0. The molecule has 7 nitrogen and oxygen atoms in total. The van der Waals surface area contributed by atoms with Gasteiger partial charge in [0.2, 0.25) is 11.1 Å².